The third-order valence-corrected chi connectivity index (χ3v) is 2.71. The molecule has 0 N–H and O–H groups in total. The highest BCUT2D eigenvalue weighted by Crippen LogP contribution is 2.30. The maximum absolute atomic E-state index is 12.1. The highest BCUT2D eigenvalue weighted by molar-refractivity contribution is 9.11. The summed E-state index contributed by atoms with van der Waals surface area (Å²) in [5.41, 5.74) is -1.14. The summed E-state index contributed by atoms with van der Waals surface area (Å²) in [4.78, 5) is 15.5. The Morgan fingerprint density at radius 2 is 2.12 bits per heavy atom. The van der Waals surface area contributed by atoms with E-state index in [1.54, 1.807) is 9.89 Å². The molecule has 0 aliphatic carbocycles. The zero-order chi connectivity index (χ0) is 13.3. The third kappa shape index (κ3) is 3.71. The molecule has 4 nitrogen and oxygen atoms in total. The van der Waals surface area contributed by atoms with E-state index in [0.717, 1.165) is 0 Å². The quantitative estimate of drug-likeness (QED) is 0.746. The van der Waals surface area contributed by atoms with Gasteiger partial charge in [0.05, 0.1) is 12.6 Å². The van der Waals surface area contributed by atoms with Crippen LogP contribution < -0.4 is 0 Å². The lowest BCUT2D eigenvalue weighted by Gasteiger charge is -2.34. The number of amides is 1. The predicted octanol–water partition coefficient (Wildman–Crippen LogP) is 3.27. The Morgan fingerprint density at radius 1 is 1.53 bits per heavy atom. The molecule has 0 aromatic carbocycles. The number of nitrogens with zero attached hydrogens (tertiary/aromatic N) is 1. The van der Waals surface area contributed by atoms with E-state index in [4.69, 9.17) is 9.47 Å². The van der Waals surface area contributed by atoms with Crippen molar-refractivity contribution < 1.29 is 14.3 Å². The first-order valence-electron chi connectivity index (χ1n) is 5.60. The van der Waals surface area contributed by atoms with Gasteiger partial charge in [-0.05, 0) is 39.6 Å². The first kappa shape index (κ1) is 14.5. The summed E-state index contributed by atoms with van der Waals surface area (Å²) < 4.78 is 11.0. The standard InChI is InChI=1S/C12H20BrNO3/c1-11(2,3)17-10(15)14-9(6-7-13)8-16-12(14,4)5/h6-7,9H,8H2,1-5H3/b7-6+. The van der Waals surface area contributed by atoms with Crippen LogP contribution in [0.25, 0.3) is 0 Å². The van der Waals surface area contributed by atoms with Gasteiger partial charge >= 0.3 is 6.09 Å². The molecule has 1 unspecified atom stereocenters. The van der Waals surface area contributed by atoms with Gasteiger partial charge in [0.2, 0.25) is 0 Å². The highest BCUT2D eigenvalue weighted by Gasteiger charge is 2.44. The van der Waals surface area contributed by atoms with E-state index in [1.165, 1.54) is 0 Å². The van der Waals surface area contributed by atoms with Gasteiger partial charge in [0.25, 0.3) is 0 Å². The monoisotopic (exact) mass is 305 g/mol. The molecular formula is C12H20BrNO3. The van der Waals surface area contributed by atoms with E-state index in [1.807, 2.05) is 40.7 Å². The molecule has 1 atom stereocenters. The lowest BCUT2D eigenvalue weighted by Crippen LogP contribution is -2.49. The normalized spacial score (nSPS) is 24.4. The van der Waals surface area contributed by atoms with Crippen molar-refractivity contribution in [2.45, 2.75) is 52.0 Å². The van der Waals surface area contributed by atoms with E-state index >= 15 is 0 Å². The smallest absolute Gasteiger partial charge is 0.413 e. The van der Waals surface area contributed by atoms with Crippen molar-refractivity contribution in [3.63, 3.8) is 0 Å². The Morgan fingerprint density at radius 3 is 2.59 bits per heavy atom. The Hall–Kier alpha value is -0.550. The van der Waals surface area contributed by atoms with Crippen molar-refractivity contribution in [1.29, 1.82) is 0 Å². The van der Waals surface area contributed by atoms with E-state index in [2.05, 4.69) is 15.9 Å². The molecular weight excluding hydrogens is 286 g/mol. The molecule has 0 radical (unpaired) electrons. The molecule has 0 aromatic heterocycles. The maximum Gasteiger partial charge on any atom is 0.413 e. The molecule has 1 amide bonds. The van der Waals surface area contributed by atoms with Crippen LogP contribution in [0.15, 0.2) is 11.1 Å². The molecule has 98 valence electrons. The van der Waals surface area contributed by atoms with Crippen LogP contribution in [0.4, 0.5) is 4.79 Å². The van der Waals surface area contributed by atoms with Gasteiger partial charge in [-0.3, -0.25) is 4.90 Å². The molecule has 17 heavy (non-hydrogen) atoms. The second kappa shape index (κ2) is 4.98. The van der Waals surface area contributed by atoms with Crippen molar-refractivity contribution in [1.82, 2.24) is 4.90 Å². The van der Waals surface area contributed by atoms with Gasteiger partial charge in [-0.2, -0.15) is 0 Å². The van der Waals surface area contributed by atoms with E-state index in [0.29, 0.717) is 6.61 Å². The third-order valence-electron chi connectivity index (χ3n) is 2.40. The molecule has 0 saturated carbocycles. The van der Waals surface area contributed by atoms with Gasteiger partial charge in [-0.1, -0.05) is 22.0 Å². The van der Waals surface area contributed by atoms with Gasteiger partial charge in [-0.15, -0.1) is 0 Å². The van der Waals surface area contributed by atoms with Gasteiger partial charge in [0, 0.05) is 0 Å². The second-order valence-electron chi connectivity index (χ2n) is 5.49. The van der Waals surface area contributed by atoms with Crippen LogP contribution >= 0.6 is 15.9 Å². The average molecular weight is 306 g/mol. The van der Waals surface area contributed by atoms with Crippen LogP contribution in [0.5, 0.6) is 0 Å². The number of halogens is 1. The van der Waals surface area contributed by atoms with Crippen molar-refractivity contribution in [2.24, 2.45) is 0 Å². The Labute approximate surface area is 111 Å². The van der Waals surface area contributed by atoms with Crippen molar-refractivity contribution in [2.75, 3.05) is 6.61 Å². The Balaban J connectivity index is 2.86. The minimum atomic E-state index is -0.639. The fourth-order valence-electron chi connectivity index (χ4n) is 1.72. The lowest BCUT2D eigenvalue weighted by molar-refractivity contribution is -0.0610. The van der Waals surface area contributed by atoms with Crippen LogP contribution in [0, 0.1) is 0 Å². The van der Waals surface area contributed by atoms with Crippen LogP contribution in [0.3, 0.4) is 0 Å². The number of hydrogen-bond acceptors (Lipinski definition) is 3. The number of hydrogen-bond donors (Lipinski definition) is 0. The minimum Gasteiger partial charge on any atom is -0.444 e. The van der Waals surface area contributed by atoms with Crippen molar-refractivity contribution in [3.05, 3.63) is 11.1 Å². The molecule has 5 heteroatoms. The molecule has 1 rings (SSSR count). The summed E-state index contributed by atoms with van der Waals surface area (Å²) in [6.45, 7) is 9.75. The van der Waals surface area contributed by atoms with E-state index < -0.39 is 11.3 Å². The molecule has 1 fully saturated rings. The Kier molecular flexibility index (Phi) is 4.25. The Bertz CT molecular complexity index is 320. The summed E-state index contributed by atoms with van der Waals surface area (Å²) >= 11 is 3.22. The zero-order valence-corrected chi connectivity index (χ0v) is 12.6. The van der Waals surface area contributed by atoms with E-state index in [9.17, 15) is 4.79 Å². The van der Waals surface area contributed by atoms with Gasteiger partial charge in [-0.25, -0.2) is 4.79 Å². The van der Waals surface area contributed by atoms with Crippen LogP contribution in [0.1, 0.15) is 34.6 Å². The SMILES string of the molecule is CC(C)(C)OC(=O)N1C(/C=C/Br)COC1(C)C. The van der Waals surface area contributed by atoms with Crippen molar-refractivity contribution in [3.8, 4) is 0 Å². The zero-order valence-electron chi connectivity index (χ0n) is 11.0. The number of ether oxygens (including phenoxy) is 2. The highest BCUT2D eigenvalue weighted by atomic mass is 79.9. The second-order valence-corrected chi connectivity index (χ2v) is 6.02. The summed E-state index contributed by atoms with van der Waals surface area (Å²) in [6, 6.07) is -0.0979. The van der Waals surface area contributed by atoms with Crippen LogP contribution in [-0.4, -0.2) is 35.0 Å². The van der Waals surface area contributed by atoms with Gasteiger partial charge in [0.15, 0.2) is 0 Å². The number of carbonyl (C=O) groups excluding carboxylic acids is 1. The maximum atomic E-state index is 12.1. The van der Waals surface area contributed by atoms with Gasteiger partial charge < -0.3 is 9.47 Å². The van der Waals surface area contributed by atoms with E-state index in [-0.39, 0.29) is 12.1 Å². The summed E-state index contributed by atoms with van der Waals surface area (Å²) in [7, 11) is 0. The first-order chi connectivity index (χ1) is 7.67. The molecule has 1 heterocycles. The summed E-state index contributed by atoms with van der Waals surface area (Å²) in [5.74, 6) is 0. The first-order valence-corrected chi connectivity index (χ1v) is 6.52. The number of carbonyl (C=O) groups is 1. The van der Waals surface area contributed by atoms with Crippen LogP contribution in [0.2, 0.25) is 0 Å². The molecule has 0 bridgehead atoms. The fourth-order valence-corrected chi connectivity index (χ4v) is 2.08. The molecule has 1 saturated heterocycles. The largest absolute Gasteiger partial charge is 0.444 e. The lowest BCUT2D eigenvalue weighted by atomic mass is 10.2. The fraction of sp³-hybridized carbons (Fsp3) is 0.750. The van der Waals surface area contributed by atoms with Gasteiger partial charge in [0.1, 0.15) is 11.3 Å². The summed E-state index contributed by atoms with van der Waals surface area (Å²) in [6.07, 6.45) is 1.52. The molecule has 1 aliphatic heterocycles. The summed E-state index contributed by atoms with van der Waals surface area (Å²) in [5, 5.41) is 0. The average Bonchev–Trinajstić information content (AvgIpc) is 2.39. The molecule has 0 aromatic rings. The topological polar surface area (TPSA) is 38.8 Å². The number of rotatable bonds is 1. The minimum absolute atomic E-state index is 0.0979. The molecule has 0 spiro atoms. The van der Waals surface area contributed by atoms with Crippen molar-refractivity contribution >= 4 is 22.0 Å². The van der Waals surface area contributed by atoms with Crippen LogP contribution in [-0.2, 0) is 9.47 Å². The molecule has 1 aliphatic rings. The predicted molar refractivity (Wildman–Crippen MR) is 70.0 cm³/mol.